The van der Waals surface area contributed by atoms with Crippen LogP contribution in [0.5, 0.6) is 5.75 Å². The normalized spacial score (nSPS) is 12.1. The fraction of sp³-hybridized carbons (Fsp3) is 0.318. The molecule has 1 amide bonds. The molecule has 1 atom stereocenters. The van der Waals surface area contributed by atoms with Crippen LogP contribution in [-0.2, 0) is 22.7 Å². The van der Waals surface area contributed by atoms with Gasteiger partial charge in [0, 0.05) is 32.5 Å². The Bertz CT molecular complexity index is 1220. The second-order valence-corrected chi connectivity index (χ2v) is 7.38. The van der Waals surface area contributed by atoms with Crippen LogP contribution in [0.15, 0.2) is 47.2 Å². The zero-order chi connectivity index (χ0) is 23.2. The Morgan fingerprint density at radius 3 is 2.79 bits per heavy atom. The highest BCUT2D eigenvalue weighted by atomic mass is 16.5. The van der Waals surface area contributed by atoms with Crippen molar-refractivity contribution in [2.75, 3.05) is 20.8 Å². The van der Waals surface area contributed by atoms with Gasteiger partial charge in [0.25, 0.3) is 5.91 Å². The quantitative estimate of drug-likeness (QED) is 0.385. The molecule has 0 aliphatic carbocycles. The van der Waals surface area contributed by atoms with Crippen LogP contribution in [0, 0.1) is 0 Å². The molecule has 0 saturated heterocycles. The van der Waals surface area contributed by atoms with Gasteiger partial charge in [-0.05, 0) is 31.2 Å². The number of ether oxygens (including phenoxy) is 3. The molecule has 11 nitrogen and oxygen atoms in total. The number of carbonyl (C=O) groups is 1. The minimum atomic E-state index is -0.202. The Kier molecular flexibility index (Phi) is 6.91. The van der Waals surface area contributed by atoms with E-state index in [4.69, 9.17) is 18.7 Å². The Morgan fingerprint density at radius 1 is 1.15 bits per heavy atom. The molecule has 0 unspecified atom stereocenters. The summed E-state index contributed by atoms with van der Waals surface area (Å²) in [6.45, 7) is 2.86. The van der Waals surface area contributed by atoms with E-state index in [-0.39, 0.29) is 18.6 Å². The Balaban J connectivity index is 1.42. The largest absolute Gasteiger partial charge is 0.486 e. The number of nitrogens with one attached hydrogen (secondary N) is 1. The first-order valence-corrected chi connectivity index (χ1v) is 10.2. The molecule has 4 aromatic heterocycles. The van der Waals surface area contributed by atoms with E-state index in [1.165, 1.54) is 6.20 Å². The number of nitrogens with zero attached hydrogens (tertiary/aromatic N) is 5. The van der Waals surface area contributed by atoms with E-state index >= 15 is 0 Å². The highest BCUT2D eigenvalue weighted by Gasteiger charge is 2.14. The molecule has 4 rings (SSSR count). The number of carbonyl (C=O) groups excluding carboxylic acids is 1. The van der Waals surface area contributed by atoms with Crippen LogP contribution in [-0.4, -0.2) is 57.5 Å². The predicted octanol–water partition coefficient (Wildman–Crippen LogP) is 2.27. The zero-order valence-corrected chi connectivity index (χ0v) is 18.5. The van der Waals surface area contributed by atoms with Gasteiger partial charge in [0.05, 0.1) is 24.1 Å². The number of aromatic nitrogens is 5. The molecule has 0 fully saturated rings. The van der Waals surface area contributed by atoms with E-state index in [0.29, 0.717) is 53.1 Å². The van der Waals surface area contributed by atoms with Crippen LogP contribution in [0.3, 0.4) is 0 Å². The maximum absolute atomic E-state index is 12.2. The minimum Gasteiger partial charge on any atom is -0.486 e. The van der Waals surface area contributed by atoms with E-state index in [2.05, 4.69) is 25.7 Å². The topological polar surface area (TPSA) is 126 Å². The third kappa shape index (κ3) is 5.33. The second kappa shape index (κ2) is 10.2. The monoisotopic (exact) mass is 452 g/mol. The molecule has 0 aliphatic heterocycles. The number of fused-ring (bicyclic) bond motifs is 1. The molecule has 0 saturated carbocycles. The lowest BCUT2D eigenvalue weighted by Gasteiger charge is -2.12. The van der Waals surface area contributed by atoms with Crippen LogP contribution in [0.4, 0.5) is 0 Å². The Labute approximate surface area is 189 Å². The number of methoxy groups -OCH3 is 2. The summed E-state index contributed by atoms with van der Waals surface area (Å²) >= 11 is 0. The van der Waals surface area contributed by atoms with Crippen molar-refractivity contribution in [3.8, 4) is 17.3 Å². The number of rotatable bonds is 10. The average molecular weight is 452 g/mol. The number of hydrogen-bond donors (Lipinski definition) is 1. The summed E-state index contributed by atoms with van der Waals surface area (Å²) in [6, 6.07) is 8.72. The zero-order valence-electron chi connectivity index (χ0n) is 18.5. The van der Waals surface area contributed by atoms with Gasteiger partial charge < -0.3 is 24.1 Å². The summed E-state index contributed by atoms with van der Waals surface area (Å²) in [7, 11) is 3.17. The smallest absolute Gasteiger partial charge is 0.253 e. The van der Waals surface area contributed by atoms with Crippen LogP contribution in [0.25, 0.3) is 17.2 Å². The fourth-order valence-electron chi connectivity index (χ4n) is 3.16. The molecule has 0 radical (unpaired) electrons. The van der Waals surface area contributed by atoms with Crippen LogP contribution >= 0.6 is 0 Å². The Morgan fingerprint density at radius 2 is 2.03 bits per heavy atom. The summed E-state index contributed by atoms with van der Waals surface area (Å²) in [4.78, 5) is 16.6. The summed E-state index contributed by atoms with van der Waals surface area (Å²) in [5, 5.41) is 15.2. The standard InChI is InChI=1S/C22H24N6O5/c1-14(11-30-2)24-22(29)15-4-5-16(23-9-15)12-32-17-6-7-20-25-26-21(28(20)10-17)19-8-18(13-31-3)33-27-19/h4-10,14H,11-13H2,1-3H3,(H,24,29)/t14-/m1/s1. The molecule has 172 valence electrons. The molecule has 0 aromatic carbocycles. The van der Waals surface area contributed by atoms with Gasteiger partial charge in [0.1, 0.15) is 19.0 Å². The SMILES string of the molecule is COCc1cc(-c2nnc3ccc(OCc4ccc(C(=O)N[C@H](C)COC)cn4)cn23)no1. The van der Waals surface area contributed by atoms with Crippen molar-refractivity contribution in [2.24, 2.45) is 0 Å². The first-order chi connectivity index (χ1) is 16.1. The lowest BCUT2D eigenvalue weighted by atomic mass is 10.2. The number of pyridine rings is 2. The molecule has 11 heteroatoms. The van der Waals surface area contributed by atoms with Gasteiger partial charge in [-0.2, -0.15) is 0 Å². The van der Waals surface area contributed by atoms with Gasteiger partial charge in [-0.1, -0.05) is 5.16 Å². The van der Waals surface area contributed by atoms with Crippen LogP contribution in [0.2, 0.25) is 0 Å². The van der Waals surface area contributed by atoms with Gasteiger partial charge >= 0.3 is 0 Å². The lowest BCUT2D eigenvalue weighted by Crippen LogP contribution is -2.35. The minimum absolute atomic E-state index is 0.0909. The molecular formula is C22H24N6O5. The molecular weight excluding hydrogens is 428 g/mol. The third-order valence-corrected chi connectivity index (χ3v) is 4.72. The number of hydrogen-bond acceptors (Lipinski definition) is 9. The first kappa shape index (κ1) is 22.4. The molecule has 0 aliphatic rings. The van der Waals surface area contributed by atoms with Gasteiger partial charge in [-0.25, -0.2) is 0 Å². The van der Waals surface area contributed by atoms with Crippen molar-refractivity contribution in [1.29, 1.82) is 0 Å². The van der Waals surface area contributed by atoms with E-state index in [9.17, 15) is 4.79 Å². The molecule has 33 heavy (non-hydrogen) atoms. The fourth-order valence-corrected chi connectivity index (χ4v) is 3.16. The van der Waals surface area contributed by atoms with E-state index < -0.39 is 0 Å². The van der Waals surface area contributed by atoms with Crippen molar-refractivity contribution in [1.82, 2.24) is 30.1 Å². The molecule has 4 aromatic rings. The van der Waals surface area contributed by atoms with Gasteiger partial charge in [-0.15, -0.1) is 10.2 Å². The molecule has 1 N–H and O–H groups in total. The van der Waals surface area contributed by atoms with Crippen LogP contribution < -0.4 is 10.1 Å². The maximum atomic E-state index is 12.2. The summed E-state index contributed by atoms with van der Waals surface area (Å²) in [6.07, 6.45) is 3.30. The molecule has 0 spiro atoms. The van der Waals surface area contributed by atoms with Crippen LogP contribution in [0.1, 0.15) is 28.7 Å². The molecule has 4 heterocycles. The summed E-state index contributed by atoms with van der Waals surface area (Å²) in [5.41, 5.74) is 2.34. The van der Waals surface area contributed by atoms with E-state index in [0.717, 1.165) is 0 Å². The van der Waals surface area contributed by atoms with E-state index in [1.807, 2.05) is 6.92 Å². The van der Waals surface area contributed by atoms with Crippen molar-refractivity contribution >= 4 is 11.6 Å². The third-order valence-electron chi connectivity index (χ3n) is 4.72. The summed E-state index contributed by atoms with van der Waals surface area (Å²) in [5.74, 6) is 1.51. The average Bonchev–Trinajstić information content (AvgIpc) is 3.45. The van der Waals surface area contributed by atoms with Gasteiger partial charge in [0.15, 0.2) is 22.9 Å². The number of amides is 1. The van der Waals surface area contributed by atoms with Gasteiger partial charge in [0.2, 0.25) is 0 Å². The first-order valence-electron chi connectivity index (χ1n) is 10.2. The van der Waals surface area contributed by atoms with Crippen molar-refractivity contribution in [3.63, 3.8) is 0 Å². The Hall–Kier alpha value is -3.83. The summed E-state index contributed by atoms with van der Waals surface area (Å²) < 4.78 is 23.0. The lowest BCUT2D eigenvalue weighted by molar-refractivity contribution is 0.0905. The van der Waals surface area contributed by atoms with Crippen molar-refractivity contribution in [2.45, 2.75) is 26.2 Å². The van der Waals surface area contributed by atoms with E-state index in [1.54, 1.807) is 55.1 Å². The molecule has 0 bridgehead atoms. The van der Waals surface area contributed by atoms with Crippen molar-refractivity contribution < 1.29 is 23.5 Å². The highest BCUT2D eigenvalue weighted by molar-refractivity contribution is 5.94. The predicted molar refractivity (Wildman–Crippen MR) is 117 cm³/mol. The highest BCUT2D eigenvalue weighted by Crippen LogP contribution is 2.22. The maximum Gasteiger partial charge on any atom is 0.253 e. The second-order valence-electron chi connectivity index (χ2n) is 7.38. The van der Waals surface area contributed by atoms with Crippen molar-refractivity contribution in [3.05, 3.63) is 59.7 Å². The van der Waals surface area contributed by atoms with Gasteiger partial charge in [-0.3, -0.25) is 14.2 Å².